The van der Waals surface area contributed by atoms with Crippen LogP contribution in [0.5, 0.6) is 0 Å². The van der Waals surface area contributed by atoms with Crippen LogP contribution >= 0.6 is 15.9 Å². The van der Waals surface area contributed by atoms with Gasteiger partial charge in [-0.3, -0.25) is 5.01 Å². The van der Waals surface area contributed by atoms with Gasteiger partial charge in [0.2, 0.25) is 0 Å². The van der Waals surface area contributed by atoms with Crippen LogP contribution in [0.4, 0.5) is 0 Å². The molecule has 1 aromatic carbocycles. The number of fused-ring (bicyclic) bond motifs is 1. The van der Waals surface area contributed by atoms with E-state index in [0.29, 0.717) is 11.6 Å². The highest BCUT2D eigenvalue weighted by atomic mass is 79.9. The Balaban J connectivity index is 1.87. The van der Waals surface area contributed by atoms with E-state index in [1.165, 1.54) is 11.3 Å². The molecule has 0 radical (unpaired) electrons. The summed E-state index contributed by atoms with van der Waals surface area (Å²) in [4.78, 5) is 0. The maximum atomic E-state index is 4.65. The molecule has 0 spiro atoms. The number of hydrogen-bond acceptors (Lipinski definition) is 2. The third-order valence-corrected chi connectivity index (χ3v) is 3.95. The molecule has 1 saturated heterocycles. The molecule has 78 valence electrons. The first-order chi connectivity index (χ1) is 7.09. The first-order valence-corrected chi connectivity index (χ1v) is 6.01. The van der Waals surface area contributed by atoms with Gasteiger partial charge in [0.1, 0.15) is 0 Å². The standard InChI is InChI=1S/C12H13BrN2/c1-12(2)11-7-10(14-15(11)12)8-3-5-9(13)6-4-8/h3-6,11H,7H2,1-2H3. The zero-order valence-electron chi connectivity index (χ0n) is 8.87. The molecular formula is C12H13BrN2. The van der Waals surface area contributed by atoms with Crippen LogP contribution in [0.1, 0.15) is 25.8 Å². The topological polar surface area (TPSA) is 15.4 Å². The second-order valence-corrected chi connectivity index (χ2v) is 5.69. The molecule has 1 atom stereocenters. The lowest BCUT2D eigenvalue weighted by atomic mass is 10.0. The van der Waals surface area contributed by atoms with Crippen molar-refractivity contribution in [2.45, 2.75) is 31.8 Å². The fourth-order valence-corrected chi connectivity index (χ4v) is 2.52. The molecule has 0 amide bonds. The summed E-state index contributed by atoms with van der Waals surface area (Å²) in [5.74, 6) is 0. The number of hydrazone groups is 1. The van der Waals surface area contributed by atoms with Crippen molar-refractivity contribution in [2.75, 3.05) is 0 Å². The summed E-state index contributed by atoms with van der Waals surface area (Å²) in [7, 11) is 0. The van der Waals surface area contributed by atoms with Crippen molar-refractivity contribution in [2.24, 2.45) is 5.10 Å². The molecule has 2 heterocycles. The Kier molecular flexibility index (Phi) is 1.78. The van der Waals surface area contributed by atoms with E-state index in [1.54, 1.807) is 0 Å². The normalized spacial score (nSPS) is 26.2. The zero-order chi connectivity index (χ0) is 10.6. The Morgan fingerprint density at radius 2 is 2.00 bits per heavy atom. The molecule has 2 nitrogen and oxygen atoms in total. The van der Waals surface area contributed by atoms with Gasteiger partial charge in [0.25, 0.3) is 0 Å². The van der Waals surface area contributed by atoms with Crippen molar-refractivity contribution in [1.82, 2.24) is 5.01 Å². The number of benzene rings is 1. The summed E-state index contributed by atoms with van der Waals surface area (Å²) in [6, 6.07) is 9.03. The van der Waals surface area contributed by atoms with E-state index in [9.17, 15) is 0 Å². The summed E-state index contributed by atoms with van der Waals surface area (Å²) in [6.45, 7) is 4.50. The summed E-state index contributed by atoms with van der Waals surface area (Å²) >= 11 is 3.44. The predicted octanol–water partition coefficient (Wildman–Crippen LogP) is 3.02. The van der Waals surface area contributed by atoms with E-state index in [4.69, 9.17) is 0 Å². The Morgan fingerprint density at radius 3 is 2.53 bits per heavy atom. The molecule has 0 aromatic heterocycles. The van der Waals surface area contributed by atoms with Gasteiger partial charge in [-0.25, -0.2) is 0 Å². The number of hydrogen-bond donors (Lipinski definition) is 0. The highest BCUT2D eigenvalue weighted by Gasteiger charge is 2.59. The Morgan fingerprint density at radius 1 is 1.33 bits per heavy atom. The van der Waals surface area contributed by atoms with Crippen molar-refractivity contribution in [3.05, 3.63) is 34.3 Å². The van der Waals surface area contributed by atoms with Gasteiger partial charge in [-0.2, -0.15) is 5.10 Å². The lowest BCUT2D eigenvalue weighted by Gasteiger charge is -2.07. The maximum absolute atomic E-state index is 4.65. The second kappa shape index (κ2) is 2.85. The monoisotopic (exact) mass is 264 g/mol. The molecule has 1 unspecified atom stereocenters. The minimum absolute atomic E-state index is 0.304. The van der Waals surface area contributed by atoms with Gasteiger partial charge in [-0.1, -0.05) is 28.1 Å². The van der Waals surface area contributed by atoms with Crippen molar-refractivity contribution >= 4 is 21.6 Å². The van der Waals surface area contributed by atoms with Crippen LogP contribution in [0, 0.1) is 0 Å². The van der Waals surface area contributed by atoms with Gasteiger partial charge >= 0.3 is 0 Å². The average Bonchev–Trinajstić information content (AvgIpc) is 2.64. The Hall–Kier alpha value is -0.830. The van der Waals surface area contributed by atoms with Crippen LogP contribution < -0.4 is 0 Å². The van der Waals surface area contributed by atoms with E-state index < -0.39 is 0 Å². The van der Waals surface area contributed by atoms with Crippen molar-refractivity contribution in [3.63, 3.8) is 0 Å². The summed E-state index contributed by atoms with van der Waals surface area (Å²) < 4.78 is 1.12. The fraction of sp³-hybridized carbons (Fsp3) is 0.417. The fourth-order valence-electron chi connectivity index (χ4n) is 2.25. The molecule has 2 aliphatic heterocycles. The van der Waals surface area contributed by atoms with Crippen LogP contribution in [-0.2, 0) is 0 Å². The molecule has 3 heteroatoms. The van der Waals surface area contributed by atoms with Crippen LogP contribution in [0.2, 0.25) is 0 Å². The van der Waals surface area contributed by atoms with E-state index in [-0.39, 0.29) is 0 Å². The van der Waals surface area contributed by atoms with Gasteiger partial charge < -0.3 is 0 Å². The van der Waals surface area contributed by atoms with E-state index in [1.807, 2.05) is 0 Å². The molecular weight excluding hydrogens is 252 g/mol. The van der Waals surface area contributed by atoms with Gasteiger partial charge in [-0.15, -0.1) is 0 Å². The van der Waals surface area contributed by atoms with E-state index in [2.05, 4.69) is 64.2 Å². The van der Waals surface area contributed by atoms with E-state index >= 15 is 0 Å². The molecule has 15 heavy (non-hydrogen) atoms. The maximum Gasteiger partial charge on any atom is 0.0776 e. The van der Waals surface area contributed by atoms with Crippen LogP contribution in [0.15, 0.2) is 33.8 Å². The predicted molar refractivity (Wildman–Crippen MR) is 65.0 cm³/mol. The Bertz CT molecular complexity index is 433. The van der Waals surface area contributed by atoms with Gasteiger partial charge in [0.05, 0.1) is 17.3 Å². The number of rotatable bonds is 1. The van der Waals surface area contributed by atoms with Crippen molar-refractivity contribution < 1.29 is 0 Å². The molecule has 0 N–H and O–H groups in total. The molecule has 0 saturated carbocycles. The third-order valence-electron chi connectivity index (χ3n) is 3.43. The van der Waals surface area contributed by atoms with Crippen LogP contribution in [0.25, 0.3) is 0 Å². The first kappa shape index (κ1) is 9.40. The molecule has 3 rings (SSSR count). The largest absolute Gasteiger partial charge is 0.283 e. The minimum atomic E-state index is 0.304. The average molecular weight is 265 g/mol. The smallest absolute Gasteiger partial charge is 0.0776 e. The van der Waals surface area contributed by atoms with Crippen molar-refractivity contribution in [3.8, 4) is 0 Å². The molecule has 1 aromatic rings. The molecule has 0 bridgehead atoms. The van der Waals surface area contributed by atoms with Crippen LogP contribution in [-0.4, -0.2) is 22.3 Å². The SMILES string of the molecule is CC1(C)C2CC(c3ccc(Br)cc3)=NN21. The van der Waals surface area contributed by atoms with E-state index in [0.717, 1.165) is 10.9 Å². The lowest BCUT2D eigenvalue weighted by Crippen LogP contribution is -2.13. The van der Waals surface area contributed by atoms with Crippen molar-refractivity contribution in [1.29, 1.82) is 0 Å². The summed E-state index contributed by atoms with van der Waals surface area (Å²) in [5.41, 5.74) is 2.78. The Labute approximate surface area is 98.1 Å². The van der Waals surface area contributed by atoms with Gasteiger partial charge in [0, 0.05) is 10.9 Å². The molecule has 1 fully saturated rings. The highest BCUT2D eigenvalue weighted by Crippen LogP contribution is 2.47. The number of nitrogens with zero attached hydrogens (tertiary/aromatic N) is 2. The summed E-state index contributed by atoms with van der Waals surface area (Å²) in [6.07, 6.45) is 1.09. The third kappa shape index (κ3) is 1.33. The number of halogens is 1. The second-order valence-electron chi connectivity index (χ2n) is 4.77. The first-order valence-electron chi connectivity index (χ1n) is 5.22. The lowest BCUT2D eigenvalue weighted by molar-refractivity contribution is 0.475. The summed E-state index contributed by atoms with van der Waals surface area (Å²) in [5, 5.41) is 6.86. The minimum Gasteiger partial charge on any atom is -0.283 e. The quantitative estimate of drug-likeness (QED) is 0.712. The molecule has 0 aliphatic carbocycles. The zero-order valence-corrected chi connectivity index (χ0v) is 10.5. The molecule has 2 aliphatic rings. The van der Waals surface area contributed by atoms with Crippen LogP contribution in [0.3, 0.4) is 0 Å². The van der Waals surface area contributed by atoms with Gasteiger partial charge in [0.15, 0.2) is 0 Å². The van der Waals surface area contributed by atoms with Gasteiger partial charge in [-0.05, 0) is 31.5 Å². The highest BCUT2D eigenvalue weighted by molar-refractivity contribution is 9.10.